The average molecular weight is 263 g/mol. The summed E-state index contributed by atoms with van der Waals surface area (Å²) in [6, 6.07) is 6.66. The van der Waals surface area contributed by atoms with E-state index in [2.05, 4.69) is 20.7 Å². The Bertz CT molecular complexity index is 313. The van der Waals surface area contributed by atoms with Gasteiger partial charge in [0, 0.05) is 10.9 Å². The van der Waals surface area contributed by atoms with E-state index in [4.69, 9.17) is 0 Å². The Morgan fingerprint density at radius 2 is 2.07 bits per heavy atom. The maximum atomic E-state index is 12.0. The Labute approximate surface area is 89.5 Å². The van der Waals surface area contributed by atoms with Gasteiger partial charge in [0.05, 0.1) is 0 Å². The van der Waals surface area contributed by atoms with Gasteiger partial charge in [-0.3, -0.25) is 0 Å². The molecule has 4 heteroatoms. The van der Waals surface area contributed by atoms with Gasteiger partial charge < -0.3 is 4.74 Å². The lowest BCUT2D eigenvalue weighted by Crippen LogP contribution is -2.02. The molecule has 1 rings (SSSR count). The first-order valence-corrected chi connectivity index (χ1v) is 5.12. The third-order valence-electron chi connectivity index (χ3n) is 1.52. The zero-order valence-electron chi connectivity index (χ0n) is 7.29. The fourth-order valence-electron chi connectivity index (χ4n) is 0.993. The van der Waals surface area contributed by atoms with Gasteiger partial charge in [-0.15, -0.1) is 0 Å². The Hall–Kier alpha value is -0.900. The summed E-state index contributed by atoms with van der Waals surface area (Å²) in [5, 5.41) is 0.677. The van der Waals surface area contributed by atoms with E-state index in [9.17, 15) is 8.78 Å². The summed E-state index contributed by atoms with van der Waals surface area (Å²) in [5.41, 5.74) is 0.646. The summed E-state index contributed by atoms with van der Waals surface area (Å²) in [7, 11) is 0. The van der Waals surface area contributed by atoms with E-state index >= 15 is 0 Å². The number of alkyl halides is 3. The van der Waals surface area contributed by atoms with Gasteiger partial charge in [-0.05, 0) is 6.07 Å². The highest BCUT2D eigenvalue weighted by molar-refractivity contribution is 9.09. The van der Waals surface area contributed by atoms with Crippen LogP contribution in [-0.2, 0) is 0 Å². The lowest BCUT2D eigenvalue weighted by Gasteiger charge is -2.06. The molecule has 0 aliphatic carbocycles. The predicted octanol–water partition coefficient (Wildman–Crippen LogP) is 3.70. The molecule has 0 aromatic heterocycles. The SMILES string of the molecule is FC(F)Oc1ccccc1C=CCBr. The molecule has 76 valence electrons. The molecule has 1 aromatic rings. The normalized spacial score (nSPS) is 11.1. The number of halogens is 3. The summed E-state index contributed by atoms with van der Waals surface area (Å²) < 4.78 is 28.3. The highest BCUT2D eigenvalue weighted by atomic mass is 79.9. The number of benzene rings is 1. The minimum absolute atomic E-state index is 0.194. The second kappa shape index (κ2) is 5.75. The third-order valence-corrected chi connectivity index (χ3v) is 1.90. The Balaban J connectivity index is 2.85. The summed E-state index contributed by atoms with van der Waals surface area (Å²) in [6.45, 7) is -2.78. The lowest BCUT2D eigenvalue weighted by molar-refractivity contribution is -0.0499. The molecule has 0 bridgehead atoms. The molecule has 14 heavy (non-hydrogen) atoms. The summed E-state index contributed by atoms with van der Waals surface area (Å²) in [6.07, 6.45) is 3.54. The monoisotopic (exact) mass is 262 g/mol. The van der Waals surface area contributed by atoms with Gasteiger partial charge in [0.25, 0.3) is 0 Å². The highest BCUT2D eigenvalue weighted by Crippen LogP contribution is 2.21. The minimum atomic E-state index is -2.78. The molecule has 0 radical (unpaired) electrons. The summed E-state index contributed by atoms with van der Waals surface area (Å²) in [4.78, 5) is 0. The van der Waals surface area contributed by atoms with E-state index in [1.165, 1.54) is 6.07 Å². The molecule has 1 nitrogen and oxygen atoms in total. The van der Waals surface area contributed by atoms with Crippen molar-refractivity contribution < 1.29 is 13.5 Å². The second-order valence-electron chi connectivity index (χ2n) is 2.47. The molecular weight excluding hydrogens is 254 g/mol. The van der Waals surface area contributed by atoms with Crippen LogP contribution in [0.25, 0.3) is 6.08 Å². The van der Waals surface area contributed by atoms with Crippen molar-refractivity contribution in [3.63, 3.8) is 0 Å². The van der Waals surface area contributed by atoms with Crippen LogP contribution >= 0.6 is 15.9 Å². The Morgan fingerprint density at radius 3 is 2.71 bits per heavy atom. The first-order valence-electron chi connectivity index (χ1n) is 4.00. The van der Waals surface area contributed by atoms with Crippen LogP contribution in [0.3, 0.4) is 0 Å². The molecule has 0 spiro atoms. The molecule has 1 aromatic carbocycles. The van der Waals surface area contributed by atoms with Crippen molar-refractivity contribution in [3.05, 3.63) is 35.9 Å². The van der Waals surface area contributed by atoms with Crippen LogP contribution in [0, 0.1) is 0 Å². The number of allylic oxidation sites excluding steroid dienone is 1. The van der Waals surface area contributed by atoms with Crippen molar-refractivity contribution in [2.45, 2.75) is 6.61 Å². The van der Waals surface area contributed by atoms with Gasteiger partial charge in [-0.2, -0.15) is 8.78 Å². The molecule has 0 heterocycles. The van der Waals surface area contributed by atoms with E-state index in [-0.39, 0.29) is 5.75 Å². The zero-order valence-corrected chi connectivity index (χ0v) is 8.88. The maximum absolute atomic E-state index is 12.0. The van der Waals surface area contributed by atoms with Crippen molar-refractivity contribution in [2.75, 3.05) is 5.33 Å². The predicted molar refractivity (Wildman–Crippen MR) is 55.9 cm³/mol. The van der Waals surface area contributed by atoms with Crippen LogP contribution in [0.5, 0.6) is 5.75 Å². The Morgan fingerprint density at radius 1 is 1.36 bits per heavy atom. The van der Waals surface area contributed by atoms with E-state index in [1.807, 2.05) is 6.08 Å². The fraction of sp³-hybridized carbons (Fsp3) is 0.200. The van der Waals surface area contributed by atoms with Gasteiger partial charge in [-0.25, -0.2) is 0 Å². The van der Waals surface area contributed by atoms with Crippen molar-refractivity contribution in [3.8, 4) is 5.75 Å². The van der Waals surface area contributed by atoms with Gasteiger partial charge in [0.1, 0.15) is 5.75 Å². The van der Waals surface area contributed by atoms with E-state index in [0.29, 0.717) is 10.9 Å². The minimum Gasteiger partial charge on any atom is -0.434 e. The van der Waals surface area contributed by atoms with Crippen LogP contribution in [-0.4, -0.2) is 11.9 Å². The van der Waals surface area contributed by atoms with Gasteiger partial charge in [-0.1, -0.05) is 46.3 Å². The molecule has 0 N–H and O–H groups in total. The largest absolute Gasteiger partial charge is 0.434 e. The number of rotatable bonds is 4. The quantitative estimate of drug-likeness (QED) is 0.752. The standard InChI is InChI=1S/C10H9BrF2O/c11-7-3-5-8-4-1-2-6-9(8)14-10(12)13/h1-6,10H,7H2. The second-order valence-corrected chi connectivity index (χ2v) is 3.12. The number of para-hydroxylation sites is 1. The smallest absolute Gasteiger partial charge is 0.387 e. The molecule has 0 fully saturated rings. The van der Waals surface area contributed by atoms with Crippen molar-refractivity contribution >= 4 is 22.0 Å². The summed E-state index contributed by atoms with van der Waals surface area (Å²) in [5.74, 6) is 0.194. The van der Waals surface area contributed by atoms with Gasteiger partial charge in [0.2, 0.25) is 0 Å². The molecule has 0 aliphatic heterocycles. The lowest BCUT2D eigenvalue weighted by atomic mass is 10.2. The first kappa shape index (κ1) is 11.2. The number of ether oxygens (including phenoxy) is 1. The van der Waals surface area contributed by atoms with E-state index in [1.54, 1.807) is 24.3 Å². The topological polar surface area (TPSA) is 9.23 Å². The van der Waals surface area contributed by atoms with Crippen LogP contribution in [0.2, 0.25) is 0 Å². The average Bonchev–Trinajstić information content (AvgIpc) is 2.16. The van der Waals surface area contributed by atoms with E-state index in [0.717, 1.165) is 0 Å². The maximum Gasteiger partial charge on any atom is 0.387 e. The van der Waals surface area contributed by atoms with Crippen molar-refractivity contribution in [1.29, 1.82) is 0 Å². The van der Waals surface area contributed by atoms with Gasteiger partial charge in [0.15, 0.2) is 0 Å². The highest BCUT2D eigenvalue weighted by Gasteiger charge is 2.06. The Kier molecular flexibility index (Phi) is 4.59. The van der Waals surface area contributed by atoms with Crippen LogP contribution in [0.4, 0.5) is 8.78 Å². The molecule has 0 amide bonds. The van der Waals surface area contributed by atoms with Crippen LogP contribution < -0.4 is 4.74 Å². The van der Waals surface area contributed by atoms with Crippen molar-refractivity contribution in [2.24, 2.45) is 0 Å². The molecule has 0 aliphatic rings. The van der Waals surface area contributed by atoms with Gasteiger partial charge >= 0.3 is 6.61 Å². The molecule has 0 unspecified atom stereocenters. The first-order chi connectivity index (χ1) is 6.74. The molecule has 0 saturated heterocycles. The summed E-state index contributed by atoms with van der Waals surface area (Å²) >= 11 is 3.21. The molecular formula is C10H9BrF2O. The van der Waals surface area contributed by atoms with E-state index < -0.39 is 6.61 Å². The van der Waals surface area contributed by atoms with Crippen LogP contribution in [0.1, 0.15) is 5.56 Å². The fourth-order valence-corrected chi connectivity index (χ4v) is 1.18. The molecule has 0 saturated carbocycles. The van der Waals surface area contributed by atoms with Crippen molar-refractivity contribution in [1.82, 2.24) is 0 Å². The van der Waals surface area contributed by atoms with Crippen LogP contribution in [0.15, 0.2) is 30.3 Å². The zero-order chi connectivity index (χ0) is 10.4. The third kappa shape index (κ3) is 3.46. The molecule has 0 atom stereocenters. The number of hydrogen-bond acceptors (Lipinski definition) is 1. The number of hydrogen-bond donors (Lipinski definition) is 0.